The Labute approximate surface area is 336 Å². The molecule has 0 aromatic carbocycles. The van der Waals surface area contributed by atoms with Crippen molar-refractivity contribution in [2.75, 3.05) is 13.2 Å². The Bertz CT molecular complexity index is 811. The Hall–Kier alpha value is -1.59. The molecule has 0 aliphatic heterocycles. The van der Waals surface area contributed by atoms with Gasteiger partial charge in [0.2, 0.25) is 0 Å². The van der Waals surface area contributed by atoms with Crippen LogP contribution in [0.25, 0.3) is 0 Å². The first kappa shape index (κ1) is 52.4. The molecule has 0 aromatic rings. The van der Waals surface area contributed by atoms with Gasteiger partial charge in [-0.05, 0) is 25.2 Å². The van der Waals surface area contributed by atoms with Crippen LogP contribution in [0.1, 0.15) is 265 Å². The van der Waals surface area contributed by atoms with E-state index in [0.717, 1.165) is 70.1 Å². The summed E-state index contributed by atoms with van der Waals surface area (Å²) < 4.78 is 16.6. The van der Waals surface area contributed by atoms with Crippen molar-refractivity contribution >= 4 is 17.9 Å². The van der Waals surface area contributed by atoms with Gasteiger partial charge in [0.25, 0.3) is 0 Å². The lowest BCUT2D eigenvalue weighted by atomic mass is 10.0. The lowest BCUT2D eigenvalue weighted by molar-refractivity contribution is -0.167. The van der Waals surface area contributed by atoms with Crippen molar-refractivity contribution in [2.24, 2.45) is 5.92 Å². The Morgan fingerprint density at radius 1 is 0.352 bits per heavy atom. The smallest absolute Gasteiger partial charge is 0.306 e. The van der Waals surface area contributed by atoms with E-state index in [1.165, 1.54) is 154 Å². The van der Waals surface area contributed by atoms with E-state index in [1.807, 2.05) is 0 Å². The molecule has 0 heterocycles. The van der Waals surface area contributed by atoms with Crippen LogP contribution in [0.3, 0.4) is 0 Å². The van der Waals surface area contributed by atoms with Gasteiger partial charge in [0, 0.05) is 19.3 Å². The van der Waals surface area contributed by atoms with E-state index in [1.54, 1.807) is 0 Å². The molecular formula is C48H92O6. The van der Waals surface area contributed by atoms with Crippen LogP contribution in [0, 0.1) is 5.92 Å². The lowest BCUT2D eigenvalue weighted by Gasteiger charge is -2.18. The highest BCUT2D eigenvalue weighted by Crippen LogP contribution is 2.16. The first-order valence-electron chi connectivity index (χ1n) is 23.9. The van der Waals surface area contributed by atoms with E-state index in [4.69, 9.17) is 14.2 Å². The zero-order valence-corrected chi connectivity index (χ0v) is 36.7. The van der Waals surface area contributed by atoms with Crippen LogP contribution in [0.15, 0.2) is 0 Å². The fourth-order valence-electron chi connectivity index (χ4n) is 7.16. The summed E-state index contributed by atoms with van der Waals surface area (Å²) in [6.45, 7) is 8.93. The predicted molar refractivity (Wildman–Crippen MR) is 229 cm³/mol. The van der Waals surface area contributed by atoms with E-state index in [2.05, 4.69) is 27.7 Å². The highest BCUT2D eigenvalue weighted by atomic mass is 16.6. The SMILES string of the molecule is CCCCCCCCCCCCCCCCCCC(=O)OC[C@@H](COC(=O)CCCCCCCCCCCCCCC(C)C)OC(=O)CCCCCCC. The summed E-state index contributed by atoms with van der Waals surface area (Å²) in [4.78, 5) is 37.5. The number of hydrogen-bond acceptors (Lipinski definition) is 6. The molecule has 0 unspecified atom stereocenters. The molecule has 0 amide bonds. The third-order valence-corrected chi connectivity index (χ3v) is 10.8. The van der Waals surface area contributed by atoms with E-state index >= 15 is 0 Å². The normalized spacial score (nSPS) is 11.9. The van der Waals surface area contributed by atoms with Gasteiger partial charge in [-0.1, -0.05) is 227 Å². The molecule has 1 atom stereocenters. The number of carbonyl (C=O) groups excluding carboxylic acids is 3. The fraction of sp³-hybridized carbons (Fsp3) is 0.938. The minimum absolute atomic E-state index is 0.0648. The highest BCUT2D eigenvalue weighted by molar-refractivity contribution is 5.71. The second-order valence-corrected chi connectivity index (χ2v) is 16.9. The minimum atomic E-state index is -0.758. The van der Waals surface area contributed by atoms with Gasteiger partial charge >= 0.3 is 17.9 Å². The quantitative estimate of drug-likeness (QED) is 0.0349. The van der Waals surface area contributed by atoms with Crippen molar-refractivity contribution in [3.63, 3.8) is 0 Å². The van der Waals surface area contributed by atoms with Crippen LogP contribution in [0.2, 0.25) is 0 Å². The molecule has 0 N–H and O–H groups in total. The Balaban J connectivity index is 4.10. The predicted octanol–water partition coefficient (Wildman–Crippen LogP) is 15.1. The molecule has 0 saturated carbocycles. The largest absolute Gasteiger partial charge is 0.462 e. The summed E-state index contributed by atoms with van der Waals surface area (Å²) in [6.07, 6.45) is 42.6. The van der Waals surface area contributed by atoms with Crippen LogP contribution in [-0.4, -0.2) is 37.2 Å². The topological polar surface area (TPSA) is 78.9 Å². The van der Waals surface area contributed by atoms with Gasteiger partial charge in [0.1, 0.15) is 13.2 Å². The van der Waals surface area contributed by atoms with Gasteiger partial charge in [-0.15, -0.1) is 0 Å². The summed E-state index contributed by atoms with van der Waals surface area (Å²) in [7, 11) is 0. The first-order valence-corrected chi connectivity index (χ1v) is 23.9. The van der Waals surface area contributed by atoms with Gasteiger partial charge in [-0.3, -0.25) is 14.4 Å². The monoisotopic (exact) mass is 765 g/mol. The zero-order valence-electron chi connectivity index (χ0n) is 36.7. The number of hydrogen-bond donors (Lipinski definition) is 0. The van der Waals surface area contributed by atoms with Crippen LogP contribution in [0.5, 0.6) is 0 Å². The fourth-order valence-corrected chi connectivity index (χ4v) is 7.16. The molecule has 320 valence electrons. The molecule has 0 rings (SSSR count). The van der Waals surface area contributed by atoms with Crippen molar-refractivity contribution in [2.45, 2.75) is 271 Å². The minimum Gasteiger partial charge on any atom is -0.462 e. The number of ether oxygens (including phenoxy) is 3. The van der Waals surface area contributed by atoms with Crippen molar-refractivity contribution in [1.82, 2.24) is 0 Å². The summed E-state index contributed by atoms with van der Waals surface area (Å²) in [5, 5.41) is 0. The molecule has 0 saturated heterocycles. The van der Waals surface area contributed by atoms with Gasteiger partial charge in [0.15, 0.2) is 6.10 Å². The van der Waals surface area contributed by atoms with Crippen LogP contribution < -0.4 is 0 Å². The molecule has 0 fully saturated rings. The number of carbonyl (C=O) groups is 3. The lowest BCUT2D eigenvalue weighted by Crippen LogP contribution is -2.30. The molecule has 0 aromatic heterocycles. The Morgan fingerprint density at radius 2 is 0.611 bits per heavy atom. The third kappa shape index (κ3) is 41.6. The van der Waals surface area contributed by atoms with Gasteiger partial charge in [-0.2, -0.15) is 0 Å². The van der Waals surface area contributed by atoms with Gasteiger partial charge in [0.05, 0.1) is 0 Å². The van der Waals surface area contributed by atoms with Crippen molar-refractivity contribution in [3.8, 4) is 0 Å². The van der Waals surface area contributed by atoms with Crippen LogP contribution in [0.4, 0.5) is 0 Å². The Morgan fingerprint density at radius 3 is 0.907 bits per heavy atom. The van der Waals surface area contributed by atoms with Crippen molar-refractivity contribution in [1.29, 1.82) is 0 Å². The average molecular weight is 765 g/mol. The molecule has 0 radical (unpaired) electrons. The maximum absolute atomic E-state index is 12.5. The standard InChI is InChI=1S/C48H92O6/c1-5-7-9-11-12-13-14-15-16-17-18-22-25-28-32-35-39-46(49)52-42-45(54-48(51)41-37-30-10-8-6-2)43-53-47(50)40-36-33-29-26-23-20-19-21-24-27-31-34-38-44(3)4/h44-45H,5-43H2,1-4H3/t45-/m0/s1. The third-order valence-electron chi connectivity index (χ3n) is 10.8. The zero-order chi connectivity index (χ0) is 39.6. The van der Waals surface area contributed by atoms with E-state index < -0.39 is 6.10 Å². The number of rotatable bonds is 43. The second kappa shape index (κ2) is 42.6. The van der Waals surface area contributed by atoms with E-state index in [0.29, 0.717) is 19.3 Å². The van der Waals surface area contributed by atoms with Gasteiger partial charge in [-0.25, -0.2) is 0 Å². The number of unbranched alkanes of at least 4 members (excludes halogenated alkanes) is 30. The maximum atomic E-state index is 12.5. The Kier molecular flexibility index (Phi) is 41.3. The highest BCUT2D eigenvalue weighted by Gasteiger charge is 2.19. The van der Waals surface area contributed by atoms with E-state index in [-0.39, 0.29) is 31.1 Å². The summed E-state index contributed by atoms with van der Waals surface area (Å²) in [5.74, 6) is -0.0313. The van der Waals surface area contributed by atoms with Crippen LogP contribution in [-0.2, 0) is 28.6 Å². The summed E-state index contributed by atoms with van der Waals surface area (Å²) in [6, 6.07) is 0. The molecule has 54 heavy (non-hydrogen) atoms. The molecule has 6 heteroatoms. The van der Waals surface area contributed by atoms with Crippen LogP contribution >= 0.6 is 0 Å². The molecular weight excluding hydrogens is 673 g/mol. The summed E-state index contributed by atoms with van der Waals surface area (Å²) >= 11 is 0. The molecule has 0 aliphatic carbocycles. The molecule has 0 spiro atoms. The molecule has 6 nitrogen and oxygen atoms in total. The summed E-state index contributed by atoms with van der Waals surface area (Å²) in [5.41, 5.74) is 0. The van der Waals surface area contributed by atoms with Crippen molar-refractivity contribution < 1.29 is 28.6 Å². The molecule has 0 aliphatic rings. The maximum Gasteiger partial charge on any atom is 0.306 e. The molecule has 0 bridgehead atoms. The number of esters is 3. The van der Waals surface area contributed by atoms with Gasteiger partial charge < -0.3 is 14.2 Å². The second-order valence-electron chi connectivity index (χ2n) is 16.9. The van der Waals surface area contributed by atoms with E-state index in [9.17, 15) is 14.4 Å². The van der Waals surface area contributed by atoms with Crippen molar-refractivity contribution in [3.05, 3.63) is 0 Å². The first-order chi connectivity index (χ1) is 26.4. The average Bonchev–Trinajstić information content (AvgIpc) is 3.15.